The lowest BCUT2D eigenvalue weighted by molar-refractivity contribution is -0.384. The summed E-state index contributed by atoms with van der Waals surface area (Å²) in [6, 6.07) is 6.53. The zero-order valence-corrected chi connectivity index (χ0v) is 11.2. The van der Waals surface area contributed by atoms with Gasteiger partial charge in [-0.05, 0) is 31.2 Å². The summed E-state index contributed by atoms with van der Waals surface area (Å²) in [6.45, 7) is 0.322. The zero-order valence-electron chi connectivity index (χ0n) is 11.2. The van der Waals surface area contributed by atoms with Crippen LogP contribution in [0.5, 0.6) is 0 Å². The van der Waals surface area contributed by atoms with Crippen LogP contribution in [0.25, 0.3) is 0 Å². The number of hydrogen-bond acceptors (Lipinski definition) is 4. The molecule has 108 valence electrons. The average molecular weight is 277 g/mol. The largest absolute Gasteiger partial charge is 0.352 e. The van der Waals surface area contributed by atoms with Gasteiger partial charge in [0.2, 0.25) is 5.91 Å². The van der Waals surface area contributed by atoms with Crippen molar-refractivity contribution in [3.05, 3.63) is 39.9 Å². The van der Waals surface area contributed by atoms with Crippen molar-refractivity contribution in [3.63, 3.8) is 0 Å². The zero-order chi connectivity index (χ0) is 14.5. The second-order valence-corrected chi connectivity index (χ2v) is 5.26. The second kappa shape index (κ2) is 6.47. The SMILES string of the molecule is NC1CCC(C(=O)NCc2cccc([N+](=O)[O-])c2)CC1. The van der Waals surface area contributed by atoms with Gasteiger partial charge in [0.15, 0.2) is 0 Å². The molecule has 1 aliphatic rings. The molecule has 0 radical (unpaired) electrons. The number of non-ortho nitro benzene ring substituents is 1. The lowest BCUT2D eigenvalue weighted by Gasteiger charge is -2.25. The molecule has 0 spiro atoms. The summed E-state index contributed by atoms with van der Waals surface area (Å²) in [5.41, 5.74) is 6.59. The van der Waals surface area contributed by atoms with Crippen LogP contribution in [0.1, 0.15) is 31.2 Å². The predicted molar refractivity (Wildman–Crippen MR) is 74.9 cm³/mol. The van der Waals surface area contributed by atoms with Crippen LogP contribution < -0.4 is 11.1 Å². The van der Waals surface area contributed by atoms with Gasteiger partial charge in [0.25, 0.3) is 5.69 Å². The van der Waals surface area contributed by atoms with E-state index in [0.29, 0.717) is 6.54 Å². The Hall–Kier alpha value is -1.95. The van der Waals surface area contributed by atoms with Crippen molar-refractivity contribution in [2.45, 2.75) is 38.3 Å². The van der Waals surface area contributed by atoms with Gasteiger partial charge < -0.3 is 11.1 Å². The standard InChI is InChI=1S/C14H19N3O3/c15-12-6-4-11(5-7-12)14(18)16-9-10-2-1-3-13(8-10)17(19)20/h1-3,8,11-12H,4-7,9,15H2,(H,16,18). The van der Waals surface area contributed by atoms with E-state index >= 15 is 0 Å². The normalized spacial score (nSPS) is 22.2. The maximum absolute atomic E-state index is 12.0. The highest BCUT2D eigenvalue weighted by Crippen LogP contribution is 2.23. The van der Waals surface area contributed by atoms with Crippen LogP contribution in [0.15, 0.2) is 24.3 Å². The number of benzene rings is 1. The Kier molecular flexibility index (Phi) is 4.68. The minimum absolute atomic E-state index is 0.0170. The van der Waals surface area contributed by atoms with Crippen molar-refractivity contribution in [2.24, 2.45) is 11.7 Å². The maximum Gasteiger partial charge on any atom is 0.269 e. The van der Waals surface area contributed by atoms with Gasteiger partial charge in [0, 0.05) is 30.6 Å². The van der Waals surface area contributed by atoms with E-state index in [0.717, 1.165) is 31.2 Å². The molecule has 1 aliphatic carbocycles. The predicted octanol–water partition coefficient (Wildman–Crippen LogP) is 1.73. The molecule has 1 saturated carbocycles. The number of hydrogen-bond donors (Lipinski definition) is 2. The molecule has 1 aromatic rings. The highest BCUT2D eigenvalue weighted by molar-refractivity contribution is 5.78. The Morgan fingerprint density at radius 2 is 2.05 bits per heavy atom. The second-order valence-electron chi connectivity index (χ2n) is 5.26. The first-order valence-corrected chi connectivity index (χ1v) is 6.83. The fourth-order valence-electron chi connectivity index (χ4n) is 2.49. The molecule has 6 nitrogen and oxygen atoms in total. The van der Waals surface area contributed by atoms with Gasteiger partial charge in [-0.25, -0.2) is 0 Å². The number of nitrogens with zero attached hydrogens (tertiary/aromatic N) is 1. The Bertz CT molecular complexity index is 496. The number of nitro benzene ring substituents is 1. The van der Waals surface area contributed by atoms with Crippen molar-refractivity contribution >= 4 is 11.6 Å². The number of carbonyl (C=O) groups is 1. The lowest BCUT2D eigenvalue weighted by atomic mass is 9.86. The first kappa shape index (κ1) is 14.5. The number of carbonyl (C=O) groups excluding carboxylic acids is 1. The van der Waals surface area contributed by atoms with Gasteiger partial charge in [0.05, 0.1) is 4.92 Å². The molecular formula is C14H19N3O3. The molecule has 0 aliphatic heterocycles. The van der Waals surface area contributed by atoms with E-state index in [1.807, 2.05) is 0 Å². The molecule has 0 unspecified atom stereocenters. The van der Waals surface area contributed by atoms with E-state index in [4.69, 9.17) is 5.73 Å². The van der Waals surface area contributed by atoms with Crippen LogP contribution in [-0.2, 0) is 11.3 Å². The number of nitro groups is 1. The monoisotopic (exact) mass is 277 g/mol. The molecule has 0 aromatic heterocycles. The molecule has 0 heterocycles. The van der Waals surface area contributed by atoms with Crippen LogP contribution >= 0.6 is 0 Å². The summed E-state index contributed by atoms with van der Waals surface area (Å²) in [5.74, 6) is 0.0388. The molecule has 20 heavy (non-hydrogen) atoms. The summed E-state index contributed by atoms with van der Waals surface area (Å²) < 4.78 is 0. The fourth-order valence-corrected chi connectivity index (χ4v) is 2.49. The molecule has 0 atom stereocenters. The minimum Gasteiger partial charge on any atom is -0.352 e. The first-order valence-electron chi connectivity index (χ1n) is 6.83. The molecule has 1 aromatic carbocycles. The molecule has 0 saturated heterocycles. The Balaban J connectivity index is 1.87. The van der Waals surface area contributed by atoms with E-state index in [9.17, 15) is 14.9 Å². The Labute approximate surface area is 117 Å². The Morgan fingerprint density at radius 1 is 1.35 bits per heavy atom. The van der Waals surface area contributed by atoms with Crippen molar-refractivity contribution in [3.8, 4) is 0 Å². The van der Waals surface area contributed by atoms with Crippen LogP contribution in [0.4, 0.5) is 5.69 Å². The molecule has 6 heteroatoms. The van der Waals surface area contributed by atoms with E-state index < -0.39 is 4.92 Å². The van der Waals surface area contributed by atoms with Gasteiger partial charge >= 0.3 is 0 Å². The van der Waals surface area contributed by atoms with Crippen molar-refractivity contribution in [1.29, 1.82) is 0 Å². The summed E-state index contributed by atoms with van der Waals surface area (Å²) >= 11 is 0. The van der Waals surface area contributed by atoms with Crippen molar-refractivity contribution < 1.29 is 9.72 Å². The topological polar surface area (TPSA) is 98.3 Å². The molecule has 0 bridgehead atoms. The molecule has 2 rings (SSSR count). The van der Waals surface area contributed by atoms with Gasteiger partial charge in [-0.3, -0.25) is 14.9 Å². The minimum atomic E-state index is -0.437. The molecular weight excluding hydrogens is 258 g/mol. The van der Waals surface area contributed by atoms with Crippen molar-refractivity contribution in [1.82, 2.24) is 5.32 Å². The maximum atomic E-state index is 12.0. The summed E-state index contributed by atoms with van der Waals surface area (Å²) in [4.78, 5) is 22.3. The molecule has 3 N–H and O–H groups in total. The van der Waals surface area contributed by atoms with Gasteiger partial charge in [-0.2, -0.15) is 0 Å². The van der Waals surface area contributed by atoms with Crippen LogP contribution in [0.2, 0.25) is 0 Å². The number of nitrogens with one attached hydrogen (secondary N) is 1. The smallest absolute Gasteiger partial charge is 0.269 e. The number of amides is 1. The summed E-state index contributed by atoms with van der Waals surface area (Å²) in [7, 11) is 0. The van der Waals surface area contributed by atoms with E-state index in [1.165, 1.54) is 12.1 Å². The summed E-state index contributed by atoms with van der Waals surface area (Å²) in [6.07, 6.45) is 3.41. The quantitative estimate of drug-likeness (QED) is 0.646. The Morgan fingerprint density at radius 3 is 2.70 bits per heavy atom. The first-order chi connectivity index (χ1) is 9.56. The molecule has 1 fully saturated rings. The van der Waals surface area contributed by atoms with E-state index in [1.54, 1.807) is 12.1 Å². The average Bonchev–Trinajstić information content (AvgIpc) is 2.46. The van der Waals surface area contributed by atoms with E-state index in [-0.39, 0.29) is 23.6 Å². The lowest BCUT2D eigenvalue weighted by Crippen LogP contribution is -2.35. The highest BCUT2D eigenvalue weighted by atomic mass is 16.6. The third-order valence-electron chi connectivity index (χ3n) is 3.73. The van der Waals surface area contributed by atoms with Gasteiger partial charge in [0.1, 0.15) is 0 Å². The fraction of sp³-hybridized carbons (Fsp3) is 0.500. The number of rotatable bonds is 4. The van der Waals surface area contributed by atoms with Gasteiger partial charge in [-0.15, -0.1) is 0 Å². The van der Waals surface area contributed by atoms with Crippen LogP contribution in [0.3, 0.4) is 0 Å². The van der Waals surface area contributed by atoms with E-state index in [2.05, 4.69) is 5.32 Å². The number of nitrogens with two attached hydrogens (primary N) is 1. The van der Waals surface area contributed by atoms with Crippen molar-refractivity contribution in [2.75, 3.05) is 0 Å². The third kappa shape index (κ3) is 3.77. The highest BCUT2D eigenvalue weighted by Gasteiger charge is 2.24. The van der Waals surface area contributed by atoms with Crippen LogP contribution in [0, 0.1) is 16.0 Å². The van der Waals surface area contributed by atoms with Gasteiger partial charge in [-0.1, -0.05) is 12.1 Å². The molecule has 1 amide bonds. The third-order valence-corrected chi connectivity index (χ3v) is 3.73. The summed E-state index contributed by atoms with van der Waals surface area (Å²) in [5, 5.41) is 13.5. The van der Waals surface area contributed by atoms with Crippen LogP contribution in [-0.4, -0.2) is 16.9 Å².